The van der Waals surface area contributed by atoms with Gasteiger partial charge in [-0.1, -0.05) is 18.2 Å². The van der Waals surface area contributed by atoms with Crippen LogP contribution in [0.15, 0.2) is 24.3 Å². The number of aliphatic hydroxyl groups is 1. The highest BCUT2D eigenvalue weighted by Crippen LogP contribution is 2.19. The Morgan fingerprint density at radius 1 is 1.33 bits per heavy atom. The molecule has 0 aliphatic rings. The van der Waals surface area contributed by atoms with Crippen LogP contribution in [0.3, 0.4) is 0 Å². The third-order valence-corrected chi connectivity index (χ3v) is 2.94. The highest BCUT2D eigenvalue weighted by atomic mass is 19.1. The van der Waals surface area contributed by atoms with Crippen molar-refractivity contribution in [2.24, 2.45) is 0 Å². The van der Waals surface area contributed by atoms with Crippen LogP contribution in [0.25, 0.3) is 0 Å². The lowest BCUT2D eigenvalue weighted by atomic mass is 10.1. The number of hydrogen-bond acceptors (Lipinski definition) is 3. The molecule has 1 rings (SSSR count). The molecule has 0 fully saturated rings. The minimum atomic E-state index is -0.740. The highest BCUT2D eigenvalue weighted by molar-refractivity contribution is 5.19. The average Bonchev–Trinajstić information content (AvgIpc) is 2.37. The maximum atomic E-state index is 13.4. The second-order valence-corrected chi connectivity index (χ2v) is 4.48. The van der Waals surface area contributed by atoms with Gasteiger partial charge in [-0.25, -0.2) is 4.39 Å². The fourth-order valence-electron chi connectivity index (χ4n) is 1.83. The molecule has 1 atom stereocenters. The Kier molecular flexibility index (Phi) is 6.86. The zero-order valence-corrected chi connectivity index (χ0v) is 11.1. The van der Waals surface area contributed by atoms with Gasteiger partial charge in [0, 0.05) is 32.4 Å². The average molecular weight is 255 g/mol. The molecular weight excluding hydrogens is 233 g/mol. The Morgan fingerprint density at radius 3 is 2.72 bits per heavy atom. The van der Waals surface area contributed by atoms with Gasteiger partial charge in [-0.15, -0.1) is 0 Å². The second-order valence-electron chi connectivity index (χ2n) is 4.48. The zero-order valence-electron chi connectivity index (χ0n) is 11.1. The standard InChI is InChI=1S/C14H22FNO2/c1-16(9-5-11-18-2)10-8-14(17)12-6-3-4-7-13(12)15/h3-4,6-7,14,17H,5,8-11H2,1-2H3. The number of nitrogens with zero attached hydrogens (tertiary/aromatic N) is 1. The van der Waals surface area contributed by atoms with Crippen LogP contribution in [-0.4, -0.2) is 43.9 Å². The molecule has 0 aliphatic carbocycles. The molecule has 0 spiro atoms. The first kappa shape index (κ1) is 15.1. The summed E-state index contributed by atoms with van der Waals surface area (Å²) in [6.07, 6.45) is 0.754. The molecule has 0 radical (unpaired) electrons. The number of ether oxygens (including phenoxy) is 1. The second kappa shape index (κ2) is 8.19. The largest absolute Gasteiger partial charge is 0.388 e. The van der Waals surface area contributed by atoms with Gasteiger partial charge in [0.1, 0.15) is 5.82 Å². The quantitative estimate of drug-likeness (QED) is 0.723. The van der Waals surface area contributed by atoms with E-state index in [1.165, 1.54) is 6.07 Å². The van der Waals surface area contributed by atoms with E-state index < -0.39 is 6.10 Å². The summed E-state index contributed by atoms with van der Waals surface area (Å²) in [6, 6.07) is 6.37. The molecule has 4 heteroatoms. The van der Waals surface area contributed by atoms with E-state index in [-0.39, 0.29) is 5.82 Å². The van der Waals surface area contributed by atoms with Gasteiger partial charge < -0.3 is 14.7 Å². The van der Waals surface area contributed by atoms with Crippen molar-refractivity contribution in [2.75, 3.05) is 33.9 Å². The maximum Gasteiger partial charge on any atom is 0.128 e. The molecule has 3 nitrogen and oxygen atoms in total. The van der Waals surface area contributed by atoms with E-state index in [0.717, 1.165) is 26.1 Å². The number of hydrogen-bond donors (Lipinski definition) is 1. The van der Waals surface area contributed by atoms with Gasteiger partial charge in [0.05, 0.1) is 6.10 Å². The molecule has 0 bridgehead atoms. The van der Waals surface area contributed by atoms with Gasteiger partial charge in [0.15, 0.2) is 0 Å². The van der Waals surface area contributed by atoms with E-state index >= 15 is 0 Å². The molecule has 1 N–H and O–H groups in total. The SMILES string of the molecule is COCCCN(C)CCC(O)c1ccccc1F. The summed E-state index contributed by atoms with van der Waals surface area (Å²) < 4.78 is 18.4. The van der Waals surface area contributed by atoms with Gasteiger partial charge in [-0.05, 0) is 26.0 Å². The lowest BCUT2D eigenvalue weighted by Gasteiger charge is -2.19. The van der Waals surface area contributed by atoms with Crippen molar-refractivity contribution in [2.45, 2.75) is 18.9 Å². The lowest BCUT2D eigenvalue weighted by molar-refractivity contribution is 0.138. The Labute approximate surface area is 108 Å². The van der Waals surface area contributed by atoms with Gasteiger partial charge in [0.2, 0.25) is 0 Å². The van der Waals surface area contributed by atoms with Gasteiger partial charge in [-0.2, -0.15) is 0 Å². The third kappa shape index (κ3) is 5.12. The minimum Gasteiger partial charge on any atom is -0.388 e. The Bertz CT molecular complexity index is 346. The summed E-state index contributed by atoms with van der Waals surface area (Å²) in [5.41, 5.74) is 0.378. The van der Waals surface area contributed by atoms with Crippen molar-refractivity contribution in [3.05, 3.63) is 35.6 Å². The van der Waals surface area contributed by atoms with Crippen LogP contribution in [-0.2, 0) is 4.74 Å². The summed E-state index contributed by atoms with van der Waals surface area (Å²) in [5.74, 6) is -0.341. The number of halogens is 1. The molecule has 0 aromatic heterocycles. The molecular formula is C14H22FNO2. The molecule has 0 saturated heterocycles. The first-order valence-corrected chi connectivity index (χ1v) is 6.25. The molecule has 0 aliphatic heterocycles. The maximum absolute atomic E-state index is 13.4. The van der Waals surface area contributed by atoms with E-state index in [0.29, 0.717) is 12.0 Å². The first-order valence-electron chi connectivity index (χ1n) is 6.25. The molecule has 1 aromatic rings. The van der Waals surface area contributed by atoms with E-state index in [4.69, 9.17) is 4.74 Å². The van der Waals surface area contributed by atoms with Crippen molar-refractivity contribution in [3.63, 3.8) is 0 Å². The summed E-state index contributed by atoms with van der Waals surface area (Å²) >= 11 is 0. The van der Waals surface area contributed by atoms with Crippen molar-refractivity contribution < 1.29 is 14.2 Å². The Morgan fingerprint density at radius 2 is 2.06 bits per heavy atom. The summed E-state index contributed by atoms with van der Waals surface area (Å²) in [4.78, 5) is 2.11. The van der Waals surface area contributed by atoms with Crippen LogP contribution in [0.4, 0.5) is 4.39 Å². The summed E-state index contributed by atoms with van der Waals surface area (Å²) in [7, 11) is 3.67. The van der Waals surface area contributed by atoms with Crippen molar-refractivity contribution in [1.82, 2.24) is 4.90 Å². The van der Waals surface area contributed by atoms with E-state index in [1.807, 2.05) is 7.05 Å². The van der Waals surface area contributed by atoms with Gasteiger partial charge in [0.25, 0.3) is 0 Å². The molecule has 1 unspecified atom stereocenters. The molecule has 102 valence electrons. The summed E-state index contributed by atoms with van der Waals surface area (Å²) in [5, 5.41) is 9.93. The van der Waals surface area contributed by atoms with Crippen molar-refractivity contribution in [1.29, 1.82) is 0 Å². The van der Waals surface area contributed by atoms with Gasteiger partial charge >= 0.3 is 0 Å². The monoisotopic (exact) mass is 255 g/mol. The molecule has 0 heterocycles. The predicted octanol–water partition coefficient (Wildman–Crippen LogP) is 2.22. The first-order chi connectivity index (χ1) is 8.65. The van der Waals surface area contributed by atoms with Crippen LogP contribution in [0, 0.1) is 5.82 Å². The smallest absolute Gasteiger partial charge is 0.128 e. The predicted molar refractivity (Wildman–Crippen MR) is 70.0 cm³/mol. The minimum absolute atomic E-state index is 0.341. The zero-order chi connectivity index (χ0) is 13.4. The lowest BCUT2D eigenvalue weighted by Crippen LogP contribution is -2.23. The van der Waals surface area contributed by atoms with Crippen LogP contribution in [0.5, 0.6) is 0 Å². The van der Waals surface area contributed by atoms with Gasteiger partial charge in [-0.3, -0.25) is 0 Å². The Hall–Kier alpha value is -0.970. The summed E-state index contributed by atoms with van der Waals surface area (Å²) in [6.45, 7) is 2.39. The van der Waals surface area contributed by atoms with Crippen molar-refractivity contribution >= 4 is 0 Å². The van der Waals surface area contributed by atoms with Crippen LogP contribution >= 0.6 is 0 Å². The topological polar surface area (TPSA) is 32.7 Å². The fourth-order valence-corrected chi connectivity index (χ4v) is 1.83. The number of rotatable bonds is 8. The number of methoxy groups -OCH3 is 1. The molecule has 18 heavy (non-hydrogen) atoms. The van der Waals surface area contributed by atoms with Crippen LogP contribution in [0.2, 0.25) is 0 Å². The normalized spacial score (nSPS) is 12.9. The number of aliphatic hydroxyl groups excluding tert-OH is 1. The fraction of sp³-hybridized carbons (Fsp3) is 0.571. The Balaban J connectivity index is 2.32. The van der Waals surface area contributed by atoms with E-state index in [9.17, 15) is 9.50 Å². The van der Waals surface area contributed by atoms with Crippen molar-refractivity contribution in [3.8, 4) is 0 Å². The molecule has 1 aromatic carbocycles. The third-order valence-electron chi connectivity index (χ3n) is 2.94. The van der Waals surface area contributed by atoms with E-state index in [2.05, 4.69) is 4.90 Å². The van der Waals surface area contributed by atoms with Crippen LogP contribution in [0.1, 0.15) is 24.5 Å². The molecule has 0 amide bonds. The van der Waals surface area contributed by atoms with Crippen LogP contribution < -0.4 is 0 Å². The molecule has 0 saturated carbocycles. The highest BCUT2D eigenvalue weighted by Gasteiger charge is 2.12. The number of benzene rings is 1. The van der Waals surface area contributed by atoms with E-state index in [1.54, 1.807) is 25.3 Å².